The summed E-state index contributed by atoms with van der Waals surface area (Å²) in [4.78, 5) is 23.0. The Morgan fingerprint density at radius 1 is 1.28 bits per heavy atom. The van der Waals surface area contributed by atoms with E-state index in [1.165, 1.54) is 18.2 Å². The van der Waals surface area contributed by atoms with Gasteiger partial charge >= 0.3 is 11.8 Å². The van der Waals surface area contributed by atoms with E-state index in [1.807, 2.05) is 13.8 Å². The fraction of sp³-hybridized carbons (Fsp3) is 0.385. The zero-order valence-corrected chi connectivity index (χ0v) is 10.7. The van der Waals surface area contributed by atoms with Crippen LogP contribution in [-0.4, -0.2) is 18.4 Å². The van der Waals surface area contributed by atoms with Crippen LogP contribution in [0.3, 0.4) is 0 Å². The van der Waals surface area contributed by atoms with Crippen molar-refractivity contribution in [3.63, 3.8) is 0 Å². The van der Waals surface area contributed by atoms with Crippen molar-refractivity contribution in [2.75, 3.05) is 11.9 Å². The fourth-order valence-corrected chi connectivity index (χ4v) is 1.32. The van der Waals surface area contributed by atoms with Gasteiger partial charge in [0.1, 0.15) is 5.82 Å². The minimum Gasteiger partial charge on any atom is -0.348 e. The molecule has 18 heavy (non-hydrogen) atoms. The van der Waals surface area contributed by atoms with Crippen molar-refractivity contribution in [3.8, 4) is 0 Å². The number of nitrogens with one attached hydrogen (secondary N) is 2. The van der Waals surface area contributed by atoms with E-state index in [0.29, 0.717) is 17.8 Å². The molecule has 1 aromatic carbocycles. The van der Waals surface area contributed by atoms with Gasteiger partial charge in [-0.3, -0.25) is 9.59 Å². The van der Waals surface area contributed by atoms with Gasteiger partial charge in [-0.05, 0) is 36.6 Å². The Kier molecular flexibility index (Phi) is 4.83. The first-order valence-electron chi connectivity index (χ1n) is 5.75. The molecule has 0 saturated carbocycles. The zero-order valence-electron chi connectivity index (χ0n) is 10.7. The number of hydrogen-bond donors (Lipinski definition) is 2. The van der Waals surface area contributed by atoms with E-state index in [2.05, 4.69) is 10.6 Å². The molecule has 0 fully saturated rings. The summed E-state index contributed by atoms with van der Waals surface area (Å²) in [5.74, 6) is -1.54. The molecule has 0 saturated heterocycles. The predicted octanol–water partition coefficient (Wildman–Crippen LogP) is 1.84. The van der Waals surface area contributed by atoms with E-state index in [1.54, 1.807) is 6.92 Å². The van der Waals surface area contributed by atoms with E-state index in [9.17, 15) is 14.0 Å². The van der Waals surface area contributed by atoms with E-state index >= 15 is 0 Å². The standard InChI is InChI=1S/C13H17FN2O2/c1-8(2)7-15-12(17)13(18)16-11-5-4-10(14)6-9(11)3/h4-6,8H,7H2,1-3H3,(H,15,17)(H,16,18). The minimum atomic E-state index is -0.745. The number of hydrogen-bond acceptors (Lipinski definition) is 2. The molecule has 2 amide bonds. The molecule has 2 N–H and O–H groups in total. The molecule has 0 aliphatic rings. The summed E-state index contributed by atoms with van der Waals surface area (Å²) < 4.78 is 12.9. The minimum absolute atomic E-state index is 0.273. The highest BCUT2D eigenvalue weighted by Crippen LogP contribution is 2.15. The number of carbonyl (C=O) groups is 2. The number of aryl methyl sites for hydroxylation is 1. The highest BCUT2D eigenvalue weighted by molar-refractivity contribution is 6.39. The summed E-state index contributed by atoms with van der Waals surface area (Å²) in [5.41, 5.74) is 1.00. The van der Waals surface area contributed by atoms with E-state index in [0.717, 1.165) is 0 Å². The highest BCUT2D eigenvalue weighted by Gasteiger charge is 2.14. The summed E-state index contributed by atoms with van der Waals surface area (Å²) >= 11 is 0. The summed E-state index contributed by atoms with van der Waals surface area (Å²) in [6.07, 6.45) is 0. The fourth-order valence-electron chi connectivity index (χ4n) is 1.32. The third-order valence-electron chi connectivity index (χ3n) is 2.31. The van der Waals surface area contributed by atoms with E-state index in [4.69, 9.17) is 0 Å². The molecule has 0 aromatic heterocycles. The third-order valence-corrected chi connectivity index (χ3v) is 2.31. The lowest BCUT2D eigenvalue weighted by Gasteiger charge is -2.09. The second kappa shape index (κ2) is 6.14. The van der Waals surface area contributed by atoms with Gasteiger partial charge in [0.25, 0.3) is 0 Å². The van der Waals surface area contributed by atoms with Gasteiger partial charge in [0.15, 0.2) is 0 Å². The molecule has 4 nitrogen and oxygen atoms in total. The number of benzene rings is 1. The Labute approximate surface area is 106 Å². The van der Waals surface area contributed by atoms with Gasteiger partial charge in [-0.25, -0.2) is 4.39 Å². The van der Waals surface area contributed by atoms with Crippen molar-refractivity contribution in [1.82, 2.24) is 5.32 Å². The molecule has 0 radical (unpaired) electrons. The summed E-state index contributed by atoms with van der Waals surface area (Å²) in [6, 6.07) is 3.95. The van der Waals surface area contributed by atoms with Crippen LogP contribution >= 0.6 is 0 Å². The molecule has 0 aliphatic heterocycles. The average Bonchev–Trinajstić information content (AvgIpc) is 2.29. The lowest BCUT2D eigenvalue weighted by molar-refractivity contribution is -0.136. The van der Waals surface area contributed by atoms with Crippen LogP contribution in [0.2, 0.25) is 0 Å². The van der Waals surface area contributed by atoms with Gasteiger partial charge in [-0.15, -0.1) is 0 Å². The van der Waals surface area contributed by atoms with Gasteiger partial charge in [-0.1, -0.05) is 13.8 Å². The van der Waals surface area contributed by atoms with Crippen LogP contribution in [0.4, 0.5) is 10.1 Å². The third kappa shape index (κ3) is 4.16. The Hall–Kier alpha value is -1.91. The van der Waals surface area contributed by atoms with Crippen LogP contribution in [0.5, 0.6) is 0 Å². The Bertz CT molecular complexity index is 458. The molecule has 98 valence electrons. The van der Waals surface area contributed by atoms with Crippen molar-refractivity contribution in [2.24, 2.45) is 5.92 Å². The number of halogens is 1. The molecule has 0 heterocycles. The maximum atomic E-state index is 12.9. The summed E-state index contributed by atoms with van der Waals surface area (Å²) in [7, 11) is 0. The first-order chi connectivity index (χ1) is 8.40. The van der Waals surface area contributed by atoms with Crippen molar-refractivity contribution in [2.45, 2.75) is 20.8 Å². The molecule has 0 unspecified atom stereocenters. The normalized spacial score (nSPS) is 10.3. The molecule has 0 aliphatic carbocycles. The van der Waals surface area contributed by atoms with Gasteiger partial charge in [0.2, 0.25) is 0 Å². The molecule has 0 atom stereocenters. The quantitative estimate of drug-likeness (QED) is 0.806. The Balaban J connectivity index is 2.61. The molecular formula is C13H17FN2O2. The average molecular weight is 252 g/mol. The topological polar surface area (TPSA) is 58.2 Å². The smallest absolute Gasteiger partial charge is 0.313 e. The van der Waals surface area contributed by atoms with Crippen LogP contribution in [0, 0.1) is 18.7 Å². The van der Waals surface area contributed by atoms with Crippen molar-refractivity contribution >= 4 is 17.5 Å². The summed E-state index contributed by atoms with van der Waals surface area (Å²) in [6.45, 7) is 5.96. The van der Waals surface area contributed by atoms with Gasteiger partial charge in [-0.2, -0.15) is 0 Å². The lowest BCUT2D eigenvalue weighted by Crippen LogP contribution is -2.37. The molecule has 0 bridgehead atoms. The van der Waals surface area contributed by atoms with Gasteiger partial charge < -0.3 is 10.6 Å². The maximum Gasteiger partial charge on any atom is 0.313 e. The monoisotopic (exact) mass is 252 g/mol. The maximum absolute atomic E-state index is 12.9. The van der Waals surface area contributed by atoms with E-state index in [-0.39, 0.29) is 11.7 Å². The van der Waals surface area contributed by atoms with Crippen LogP contribution in [0.25, 0.3) is 0 Å². The molecule has 1 rings (SSSR count). The Morgan fingerprint density at radius 2 is 1.94 bits per heavy atom. The van der Waals surface area contributed by atoms with Crippen LogP contribution in [0.15, 0.2) is 18.2 Å². The Morgan fingerprint density at radius 3 is 2.50 bits per heavy atom. The van der Waals surface area contributed by atoms with E-state index < -0.39 is 11.8 Å². The van der Waals surface area contributed by atoms with Gasteiger partial charge in [0, 0.05) is 12.2 Å². The molecule has 5 heteroatoms. The molecule has 0 spiro atoms. The second-order valence-electron chi connectivity index (χ2n) is 4.52. The van der Waals surface area contributed by atoms with Crippen molar-refractivity contribution < 1.29 is 14.0 Å². The molecule has 1 aromatic rings. The predicted molar refractivity (Wildman–Crippen MR) is 67.6 cm³/mol. The number of amides is 2. The van der Waals surface area contributed by atoms with Crippen LogP contribution < -0.4 is 10.6 Å². The zero-order chi connectivity index (χ0) is 13.7. The number of carbonyl (C=O) groups excluding carboxylic acids is 2. The number of anilines is 1. The summed E-state index contributed by atoms with van der Waals surface area (Å²) in [5, 5.41) is 4.95. The highest BCUT2D eigenvalue weighted by atomic mass is 19.1. The van der Waals surface area contributed by atoms with Crippen LogP contribution in [0.1, 0.15) is 19.4 Å². The van der Waals surface area contributed by atoms with Gasteiger partial charge in [0.05, 0.1) is 0 Å². The lowest BCUT2D eigenvalue weighted by atomic mass is 10.2. The first kappa shape index (κ1) is 14.2. The first-order valence-corrected chi connectivity index (χ1v) is 5.75. The van der Waals surface area contributed by atoms with Crippen LogP contribution in [-0.2, 0) is 9.59 Å². The number of rotatable bonds is 3. The SMILES string of the molecule is Cc1cc(F)ccc1NC(=O)C(=O)NCC(C)C. The van der Waals surface area contributed by atoms with Crippen molar-refractivity contribution in [3.05, 3.63) is 29.6 Å². The second-order valence-corrected chi connectivity index (χ2v) is 4.52. The largest absolute Gasteiger partial charge is 0.348 e. The van der Waals surface area contributed by atoms with Crippen molar-refractivity contribution in [1.29, 1.82) is 0 Å². The molecular weight excluding hydrogens is 235 g/mol.